The van der Waals surface area contributed by atoms with E-state index in [-0.39, 0.29) is 6.61 Å². The number of rotatable bonds is 7. The maximum Gasteiger partial charge on any atom is 0.193 e. The van der Waals surface area contributed by atoms with Crippen LogP contribution in [-0.2, 0) is 0 Å². The molecule has 0 aliphatic heterocycles. The SMILES string of the molecule is Cc1cc(C)cc(NC(N)=NCC(CCO)CC(C)C)c1. The number of aliphatic hydroxyl groups excluding tert-OH is 1. The fourth-order valence-electron chi connectivity index (χ4n) is 2.59. The summed E-state index contributed by atoms with van der Waals surface area (Å²) in [6, 6.07) is 6.22. The molecule has 0 bridgehead atoms. The molecule has 0 heterocycles. The quantitative estimate of drug-likeness (QED) is 0.534. The van der Waals surface area contributed by atoms with E-state index in [1.54, 1.807) is 0 Å². The normalized spacial score (nSPS) is 13.5. The molecule has 1 unspecified atom stereocenters. The summed E-state index contributed by atoms with van der Waals surface area (Å²) in [6.07, 6.45) is 1.83. The van der Waals surface area contributed by atoms with Gasteiger partial charge in [-0.3, -0.25) is 4.99 Å². The molecule has 0 aliphatic rings. The van der Waals surface area contributed by atoms with Gasteiger partial charge in [0, 0.05) is 18.8 Å². The minimum atomic E-state index is 0.206. The second kappa shape index (κ2) is 8.67. The number of anilines is 1. The van der Waals surface area contributed by atoms with E-state index in [0.29, 0.717) is 24.3 Å². The molecular weight excluding hydrogens is 262 g/mol. The summed E-state index contributed by atoms with van der Waals surface area (Å²) in [5, 5.41) is 12.3. The molecule has 1 aromatic carbocycles. The average Bonchev–Trinajstić information content (AvgIpc) is 2.34. The summed E-state index contributed by atoms with van der Waals surface area (Å²) in [5.41, 5.74) is 9.32. The Hall–Kier alpha value is -1.55. The van der Waals surface area contributed by atoms with Crippen molar-refractivity contribution in [1.82, 2.24) is 0 Å². The molecule has 0 radical (unpaired) electrons. The van der Waals surface area contributed by atoms with Crippen LogP contribution in [0.15, 0.2) is 23.2 Å². The Bertz CT molecular complexity index is 449. The van der Waals surface area contributed by atoms with E-state index in [2.05, 4.69) is 56.2 Å². The lowest BCUT2D eigenvalue weighted by Crippen LogP contribution is -2.24. The van der Waals surface area contributed by atoms with Crippen LogP contribution in [0.4, 0.5) is 5.69 Å². The molecule has 1 aromatic rings. The van der Waals surface area contributed by atoms with Gasteiger partial charge < -0.3 is 16.2 Å². The van der Waals surface area contributed by atoms with Crippen LogP contribution in [0.2, 0.25) is 0 Å². The molecule has 0 amide bonds. The van der Waals surface area contributed by atoms with E-state index in [4.69, 9.17) is 10.8 Å². The van der Waals surface area contributed by atoms with Gasteiger partial charge in [-0.15, -0.1) is 0 Å². The molecule has 0 aromatic heterocycles. The predicted octanol–water partition coefficient (Wildman–Crippen LogP) is 3.07. The van der Waals surface area contributed by atoms with Crippen LogP contribution in [0.25, 0.3) is 0 Å². The summed E-state index contributed by atoms with van der Waals surface area (Å²) in [7, 11) is 0. The van der Waals surface area contributed by atoms with Gasteiger partial charge in [0.2, 0.25) is 0 Å². The Labute approximate surface area is 128 Å². The maximum atomic E-state index is 9.12. The molecule has 0 spiro atoms. The van der Waals surface area contributed by atoms with Crippen LogP contribution in [0.5, 0.6) is 0 Å². The maximum absolute atomic E-state index is 9.12. The molecular formula is C17H29N3O. The molecule has 0 saturated heterocycles. The van der Waals surface area contributed by atoms with Crippen LogP contribution in [0.1, 0.15) is 37.8 Å². The van der Waals surface area contributed by atoms with Gasteiger partial charge in [0.25, 0.3) is 0 Å². The largest absolute Gasteiger partial charge is 0.396 e. The van der Waals surface area contributed by atoms with Crippen LogP contribution in [0, 0.1) is 25.7 Å². The van der Waals surface area contributed by atoms with Gasteiger partial charge in [-0.1, -0.05) is 19.9 Å². The third kappa shape index (κ3) is 7.14. The number of guanidine groups is 1. The Morgan fingerprint density at radius 1 is 1.24 bits per heavy atom. The van der Waals surface area contributed by atoms with Crippen LogP contribution in [0.3, 0.4) is 0 Å². The highest BCUT2D eigenvalue weighted by molar-refractivity contribution is 5.92. The zero-order chi connectivity index (χ0) is 15.8. The van der Waals surface area contributed by atoms with Gasteiger partial charge in [0.15, 0.2) is 5.96 Å². The Kier molecular flexibility index (Phi) is 7.23. The molecule has 0 saturated carbocycles. The summed E-state index contributed by atoms with van der Waals surface area (Å²) in [4.78, 5) is 4.42. The minimum absolute atomic E-state index is 0.206. The van der Waals surface area contributed by atoms with Crippen molar-refractivity contribution in [1.29, 1.82) is 0 Å². The Morgan fingerprint density at radius 2 is 1.86 bits per heavy atom. The molecule has 118 valence electrons. The third-order valence-electron chi connectivity index (χ3n) is 3.36. The van der Waals surface area contributed by atoms with Crippen LogP contribution in [-0.4, -0.2) is 24.2 Å². The van der Waals surface area contributed by atoms with Crippen molar-refractivity contribution < 1.29 is 5.11 Å². The van der Waals surface area contributed by atoms with Gasteiger partial charge in [-0.2, -0.15) is 0 Å². The zero-order valence-corrected chi connectivity index (χ0v) is 13.7. The number of nitrogens with one attached hydrogen (secondary N) is 1. The molecule has 1 atom stereocenters. The molecule has 4 N–H and O–H groups in total. The Morgan fingerprint density at radius 3 is 2.38 bits per heavy atom. The fraction of sp³-hybridized carbons (Fsp3) is 0.588. The first kappa shape index (κ1) is 17.5. The topological polar surface area (TPSA) is 70.6 Å². The Balaban J connectivity index is 2.62. The molecule has 0 aliphatic carbocycles. The highest BCUT2D eigenvalue weighted by Gasteiger charge is 2.10. The fourth-order valence-corrected chi connectivity index (χ4v) is 2.59. The van der Waals surface area contributed by atoms with Crippen molar-refractivity contribution in [2.75, 3.05) is 18.5 Å². The number of hydrogen-bond acceptors (Lipinski definition) is 2. The van der Waals surface area contributed by atoms with E-state index in [1.807, 2.05) is 0 Å². The summed E-state index contributed by atoms with van der Waals surface area (Å²) in [6.45, 7) is 9.35. The zero-order valence-electron chi connectivity index (χ0n) is 13.7. The number of aliphatic imine (C=N–C) groups is 1. The van der Waals surface area contributed by atoms with Gasteiger partial charge >= 0.3 is 0 Å². The van der Waals surface area contributed by atoms with Gasteiger partial charge in [-0.25, -0.2) is 0 Å². The number of hydrogen-bond donors (Lipinski definition) is 3. The standard InChI is InChI=1S/C17H29N3O/c1-12(2)7-15(5-6-21)11-19-17(18)20-16-9-13(3)8-14(4)10-16/h8-10,12,15,21H,5-7,11H2,1-4H3,(H3,18,19,20). The number of aliphatic hydroxyl groups is 1. The second-order valence-corrected chi connectivity index (χ2v) is 6.24. The van der Waals surface area contributed by atoms with Crippen LogP contribution >= 0.6 is 0 Å². The van der Waals surface area contributed by atoms with E-state index < -0.39 is 0 Å². The number of benzene rings is 1. The lowest BCUT2D eigenvalue weighted by molar-refractivity contribution is 0.246. The summed E-state index contributed by atoms with van der Waals surface area (Å²) in [5.74, 6) is 1.42. The lowest BCUT2D eigenvalue weighted by atomic mass is 9.94. The molecule has 4 heteroatoms. The summed E-state index contributed by atoms with van der Waals surface area (Å²) >= 11 is 0. The number of nitrogens with zero attached hydrogens (tertiary/aromatic N) is 1. The van der Waals surface area contributed by atoms with Gasteiger partial charge in [0.05, 0.1) is 0 Å². The van der Waals surface area contributed by atoms with Crippen molar-refractivity contribution >= 4 is 11.6 Å². The monoisotopic (exact) mass is 291 g/mol. The van der Waals surface area contributed by atoms with Gasteiger partial charge in [-0.05, 0) is 61.8 Å². The molecule has 4 nitrogen and oxygen atoms in total. The van der Waals surface area contributed by atoms with Crippen LogP contribution < -0.4 is 11.1 Å². The van der Waals surface area contributed by atoms with E-state index in [1.165, 1.54) is 11.1 Å². The first-order valence-electron chi connectivity index (χ1n) is 7.66. The third-order valence-corrected chi connectivity index (χ3v) is 3.36. The van der Waals surface area contributed by atoms with Crippen molar-refractivity contribution in [3.8, 4) is 0 Å². The van der Waals surface area contributed by atoms with E-state index >= 15 is 0 Å². The number of aryl methyl sites for hydroxylation is 2. The average molecular weight is 291 g/mol. The molecule has 1 rings (SSSR count). The lowest BCUT2D eigenvalue weighted by Gasteiger charge is -2.16. The first-order chi connectivity index (χ1) is 9.90. The number of nitrogens with two attached hydrogens (primary N) is 1. The first-order valence-corrected chi connectivity index (χ1v) is 7.66. The second-order valence-electron chi connectivity index (χ2n) is 6.24. The predicted molar refractivity (Wildman–Crippen MR) is 90.7 cm³/mol. The highest BCUT2D eigenvalue weighted by Crippen LogP contribution is 2.16. The van der Waals surface area contributed by atoms with Gasteiger partial charge in [0.1, 0.15) is 0 Å². The van der Waals surface area contributed by atoms with Crippen molar-refractivity contribution in [2.45, 2.75) is 40.5 Å². The van der Waals surface area contributed by atoms with Crippen molar-refractivity contribution in [3.05, 3.63) is 29.3 Å². The van der Waals surface area contributed by atoms with Crippen molar-refractivity contribution in [2.24, 2.45) is 22.6 Å². The smallest absolute Gasteiger partial charge is 0.193 e. The van der Waals surface area contributed by atoms with E-state index in [0.717, 1.165) is 18.5 Å². The summed E-state index contributed by atoms with van der Waals surface area (Å²) < 4.78 is 0. The minimum Gasteiger partial charge on any atom is -0.396 e. The van der Waals surface area contributed by atoms with Crippen molar-refractivity contribution in [3.63, 3.8) is 0 Å². The molecule has 0 fully saturated rings. The highest BCUT2D eigenvalue weighted by atomic mass is 16.3. The molecule has 21 heavy (non-hydrogen) atoms. The van der Waals surface area contributed by atoms with E-state index in [9.17, 15) is 0 Å².